The summed E-state index contributed by atoms with van der Waals surface area (Å²) in [5.41, 5.74) is 7.41. The number of nitrogens with zero attached hydrogens (tertiary/aromatic N) is 3. The van der Waals surface area contributed by atoms with Crippen molar-refractivity contribution in [1.82, 2.24) is 15.2 Å². The second kappa shape index (κ2) is 12.3. The van der Waals surface area contributed by atoms with Crippen molar-refractivity contribution in [2.75, 3.05) is 38.1 Å². The van der Waals surface area contributed by atoms with Gasteiger partial charge in [-0.25, -0.2) is 4.98 Å². The first kappa shape index (κ1) is 27.2. The number of anilines is 1. The summed E-state index contributed by atoms with van der Waals surface area (Å²) in [7, 11) is 2.16. The molecule has 3 N–H and O–H groups in total. The van der Waals surface area contributed by atoms with Crippen LogP contribution < -0.4 is 16.0 Å². The van der Waals surface area contributed by atoms with Gasteiger partial charge in [0.2, 0.25) is 5.91 Å². The molecule has 1 saturated heterocycles. The van der Waals surface area contributed by atoms with Gasteiger partial charge < -0.3 is 20.9 Å². The third kappa shape index (κ3) is 6.36. The topological polar surface area (TPSA) is 74.5 Å². The minimum atomic E-state index is 0. The van der Waals surface area contributed by atoms with E-state index < -0.39 is 0 Å². The zero-order chi connectivity index (χ0) is 18.8. The standard InChI is InChI=1S/C21H33N5O.3ClH/c1-25-7-9-26(10-8-25)19-6-5-15(13-23-19)14-24-21(27)18-11-16-3-2-4-17(12-18)20(16)22;;;/h5-6,13,16-18,20H,2-4,7-12,14,22H2,1H3,(H,24,27);3*1H. The lowest BCUT2D eigenvalue weighted by Gasteiger charge is -2.43. The average Bonchev–Trinajstić information content (AvgIpc) is 2.67. The molecule has 30 heavy (non-hydrogen) atoms. The van der Waals surface area contributed by atoms with Crippen LogP contribution in [0.5, 0.6) is 0 Å². The van der Waals surface area contributed by atoms with E-state index in [0.29, 0.717) is 24.4 Å². The van der Waals surface area contributed by atoms with Crippen molar-refractivity contribution in [3.8, 4) is 0 Å². The predicted molar refractivity (Wildman–Crippen MR) is 129 cm³/mol. The van der Waals surface area contributed by atoms with Gasteiger partial charge in [-0.15, -0.1) is 37.2 Å². The van der Waals surface area contributed by atoms with Crippen LogP contribution in [-0.2, 0) is 11.3 Å². The van der Waals surface area contributed by atoms with E-state index in [2.05, 4.69) is 39.3 Å². The molecule has 2 unspecified atom stereocenters. The highest BCUT2D eigenvalue weighted by molar-refractivity contribution is 5.86. The molecule has 1 amide bonds. The highest BCUT2D eigenvalue weighted by Gasteiger charge is 2.40. The molecule has 0 radical (unpaired) electrons. The van der Waals surface area contributed by atoms with Gasteiger partial charge >= 0.3 is 0 Å². The zero-order valence-electron chi connectivity index (χ0n) is 17.7. The Kier molecular flexibility index (Phi) is 11.2. The molecule has 2 saturated carbocycles. The first-order valence-corrected chi connectivity index (χ1v) is 10.5. The lowest BCUT2D eigenvalue weighted by molar-refractivity contribution is -0.128. The van der Waals surface area contributed by atoms with E-state index >= 15 is 0 Å². The lowest BCUT2D eigenvalue weighted by Crippen LogP contribution is -2.49. The molecule has 6 nitrogen and oxygen atoms in total. The van der Waals surface area contributed by atoms with Gasteiger partial charge in [-0.2, -0.15) is 0 Å². The van der Waals surface area contributed by atoms with E-state index in [1.807, 2.05) is 6.20 Å². The number of rotatable bonds is 4. The Morgan fingerprint density at radius 3 is 2.30 bits per heavy atom. The quantitative estimate of drug-likeness (QED) is 0.693. The number of aromatic nitrogens is 1. The van der Waals surface area contributed by atoms with Crippen LogP contribution in [0.15, 0.2) is 18.3 Å². The highest BCUT2D eigenvalue weighted by atomic mass is 35.5. The van der Waals surface area contributed by atoms with Gasteiger partial charge in [0.15, 0.2) is 0 Å². The number of amides is 1. The maximum Gasteiger partial charge on any atom is 0.223 e. The fourth-order valence-corrected chi connectivity index (χ4v) is 5.08. The minimum Gasteiger partial charge on any atom is -0.354 e. The number of hydrogen-bond acceptors (Lipinski definition) is 5. The molecule has 172 valence electrons. The van der Waals surface area contributed by atoms with Gasteiger partial charge in [-0.05, 0) is 56.2 Å². The van der Waals surface area contributed by atoms with Crippen LogP contribution in [-0.4, -0.2) is 55.1 Å². The maximum absolute atomic E-state index is 12.7. The molecule has 1 aromatic rings. The second-order valence-electron chi connectivity index (χ2n) is 8.73. The number of fused-ring (bicyclic) bond motifs is 2. The number of pyridine rings is 1. The Balaban J connectivity index is 0.00000150. The number of nitrogens with two attached hydrogens (primary N) is 1. The van der Waals surface area contributed by atoms with Crippen LogP contribution in [0.2, 0.25) is 0 Å². The average molecular weight is 481 g/mol. The van der Waals surface area contributed by atoms with Crippen molar-refractivity contribution in [3.05, 3.63) is 23.9 Å². The summed E-state index contributed by atoms with van der Waals surface area (Å²) < 4.78 is 0. The summed E-state index contributed by atoms with van der Waals surface area (Å²) in [6, 6.07) is 4.48. The van der Waals surface area contributed by atoms with E-state index in [1.165, 1.54) is 19.3 Å². The first-order valence-electron chi connectivity index (χ1n) is 10.5. The second-order valence-corrected chi connectivity index (χ2v) is 8.73. The van der Waals surface area contributed by atoms with Crippen LogP contribution in [0.3, 0.4) is 0 Å². The van der Waals surface area contributed by atoms with Crippen LogP contribution in [0.25, 0.3) is 0 Å². The summed E-state index contributed by atoms with van der Waals surface area (Å²) >= 11 is 0. The number of hydrogen-bond donors (Lipinski definition) is 2. The Hall–Kier alpha value is -0.790. The van der Waals surface area contributed by atoms with Crippen molar-refractivity contribution in [2.24, 2.45) is 23.5 Å². The molecular formula is C21H36Cl3N5O. The fourth-order valence-electron chi connectivity index (χ4n) is 5.08. The monoisotopic (exact) mass is 479 g/mol. The molecule has 1 aromatic heterocycles. The SMILES string of the molecule is CN1CCN(c2ccc(CNC(=O)C3CC4CCCC(C3)C4N)cn2)CC1.Cl.Cl.Cl. The number of halogens is 3. The Labute approximate surface area is 199 Å². The molecular weight excluding hydrogens is 445 g/mol. The molecule has 9 heteroatoms. The number of piperazine rings is 1. The molecule has 4 rings (SSSR count). The third-order valence-electron chi connectivity index (χ3n) is 6.89. The number of carbonyl (C=O) groups is 1. The van der Waals surface area contributed by atoms with Gasteiger partial charge in [0.1, 0.15) is 5.82 Å². The van der Waals surface area contributed by atoms with Crippen molar-refractivity contribution in [1.29, 1.82) is 0 Å². The van der Waals surface area contributed by atoms with E-state index in [-0.39, 0.29) is 49.0 Å². The van der Waals surface area contributed by atoms with E-state index in [9.17, 15) is 4.79 Å². The predicted octanol–water partition coefficient (Wildman–Crippen LogP) is 2.87. The Bertz CT molecular complexity index is 641. The van der Waals surface area contributed by atoms with Crippen molar-refractivity contribution in [3.63, 3.8) is 0 Å². The van der Waals surface area contributed by atoms with Crippen LogP contribution in [0.4, 0.5) is 5.82 Å². The van der Waals surface area contributed by atoms with Crippen molar-refractivity contribution in [2.45, 2.75) is 44.7 Å². The molecule has 2 atom stereocenters. The number of likely N-dealkylation sites (N-methyl/N-ethyl adjacent to an activating group) is 1. The number of nitrogens with one attached hydrogen (secondary N) is 1. The van der Waals surface area contributed by atoms with Crippen molar-refractivity contribution >= 4 is 48.9 Å². The Morgan fingerprint density at radius 1 is 1.10 bits per heavy atom. The summed E-state index contributed by atoms with van der Waals surface area (Å²) in [6.45, 7) is 4.75. The molecule has 0 spiro atoms. The Morgan fingerprint density at radius 2 is 1.73 bits per heavy atom. The number of carbonyl (C=O) groups excluding carboxylic acids is 1. The summed E-state index contributed by atoms with van der Waals surface area (Å²) in [4.78, 5) is 21.9. The van der Waals surface area contributed by atoms with E-state index in [0.717, 1.165) is 50.4 Å². The molecule has 1 aliphatic heterocycles. The fraction of sp³-hybridized carbons (Fsp3) is 0.714. The molecule has 3 fully saturated rings. The van der Waals surface area contributed by atoms with Gasteiger partial charge in [0, 0.05) is 50.9 Å². The molecule has 2 bridgehead atoms. The van der Waals surface area contributed by atoms with Gasteiger partial charge in [0.25, 0.3) is 0 Å². The molecule has 2 heterocycles. The van der Waals surface area contributed by atoms with Crippen LogP contribution in [0.1, 0.15) is 37.7 Å². The minimum absolute atomic E-state index is 0. The lowest BCUT2D eigenvalue weighted by atomic mass is 9.65. The van der Waals surface area contributed by atoms with Crippen LogP contribution >= 0.6 is 37.2 Å². The largest absolute Gasteiger partial charge is 0.354 e. The van der Waals surface area contributed by atoms with Gasteiger partial charge in [-0.1, -0.05) is 12.5 Å². The van der Waals surface area contributed by atoms with Gasteiger partial charge in [0.05, 0.1) is 0 Å². The van der Waals surface area contributed by atoms with Crippen molar-refractivity contribution < 1.29 is 4.79 Å². The van der Waals surface area contributed by atoms with Crippen LogP contribution in [0, 0.1) is 17.8 Å². The summed E-state index contributed by atoms with van der Waals surface area (Å²) in [5, 5.41) is 3.14. The first-order chi connectivity index (χ1) is 13.1. The molecule has 2 aliphatic carbocycles. The smallest absolute Gasteiger partial charge is 0.223 e. The van der Waals surface area contributed by atoms with Gasteiger partial charge in [-0.3, -0.25) is 4.79 Å². The summed E-state index contributed by atoms with van der Waals surface area (Å²) in [6.07, 6.45) is 7.49. The van der Waals surface area contributed by atoms with E-state index in [4.69, 9.17) is 5.73 Å². The maximum atomic E-state index is 12.7. The molecule has 3 aliphatic rings. The summed E-state index contributed by atoms with van der Waals surface area (Å²) in [5.74, 6) is 2.45. The normalized spacial score (nSPS) is 28.4. The van der Waals surface area contributed by atoms with E-state index in [1.54, 1.807) is 0 Å². The molecule has 0 aromatic carbocycles. The zero-order valence-corrected chi connectivity index (χ0v) is 20.1. The highest BCUT2D eigenvalue weighted by Crippen LogP contribution is 2.41. The third-order valence-corrected chi connectivity index (χ3v) is 6.89.